The normalized spacial score (nSPS) is 15.5. The number of halogens is 1. The Balaban J connectivity index is 4.05. The lowest BCUT2D eigenvalue weighted by atomic mass is 10.2. The van der Waals surface area contributed by atoms with Gasteiger partial charge in [0.2, 0.25) is 0 Å². The van der Waals surface area contributed by atoms with Crippen molar-refractivity contribution >= 4 is 23.9 Å². The van der Waals surface area contributed by atoms with Crippen LogP contribution in [0.3, 0.4) is 0 Å². The molecule has 1 atom stereocenters. The Labute approximate surface area is 64.3 Å². The molecule has 58 valence electrons. The van der Waals surface area contributed by atoms with E-state index in [9.17, 15) is 9.59 Å². The summed E-state index contributed by atoms with van der Waals surface area (Å²) in [7, 11) is 0. The first-order valence-electron chi connectivity index (χ1n) is 2.76. The molecule has 0 bridgehead atoms. The van der Waals surface area contributed by atoms with Crippen LogP contribution in [0, 0.1) is 0 Å². The molecule has 1 unspecified atom stereocenters. The first-order valence-corrected chi connectivity index (χ1v) is 3.29. The Morgan fingerprint density at radius 2 is 2.30 bits per heavy atom. The van der Waals surface area contributed by atoms with E-state index in [-0.39, 0.29) is 5.88 Å². The summed E-state index contributed by atoms with van der Waals surface area (Å²) in [6.07, 6.45) is 0.515. The SMILES string of the molecule is CC(=O)OC(C)(C=O)CCl. The number of ether oxygens (including phenoxy) is 1. The highest BCUT2D eigenvalue weighted by Crippen LogP contribution is 2.08. The average Bonchev–Trinajstić information content (AvgIpc) is 1.87. The van der Waals surface area contributed by atoms with Gasteiger partial charge in [0.25, 0.3) is 0 Å². The van der Waals surface area contributed by atoms with Crippen LogP contribution in [-0.4, -0.2) is 23.7 Å². The lowest BCUT2D eigenvalue weighted by molar-refractivity contribution is -0.156. The van der Waals surface area contributed by atoms with E-state index in [0.717, 1.165) is 0 Å². The lowest BCUT2D eigenvalue weighted by Gasteiger charge is -2.18. The van der Waals surface area contributed by atoms with E-state index in [4.69, 9.17) is 11.6 Å². The summed E-state index contributed by atoms with van der Waals surface area (Å²) in [4.78, 5) is 20.6. The number of aldehydes is 1. The predicted molar refractivity (Wildman–Crippen MR) is 37.0 cm³/mol. The summed E-state index contributed by atoms with van der Waals surface area (Å²) in [5.41, 5.74) is -1.16. The van der Waals surface area contributed by atoms with Crippen molar-refractivity contribution in [3.63, 3.8) is 0 Å². The van der Waals surface area contributed by atoms with Gasteiger partial charge in [0, 0.05) is 6.92 Å². The zero-order valence-corrected chi connectivity index (χ0v) is 6.64. The Bertz CT molecular complexity index is 146. The van der Waals surface area contributed by atoms with Gasteiger partial charge in [-0.05, 0) is 6.92 Å². The number of rotatable bonds is 3. The van der Waals surface area contributed by atoms with E-state index in [1.54, 1.807) is 0 Å². The van der Waals surface area contributed by atoms with E-state index in [1.807, 2.05) is 0 Å². The van der Waals surface area contributed by atoms with Gasteiger partial charge in [-0.15, -0.1) is 11.6 Å². The number of hydrogen-bond donors (Lipinski definition) is 0. The van der Waals surface area contributed by atoms with Gasteiger partial charge in [-0.3, -0.25) is 9.59 Å². The van der Waals surface area contributed by atoms with Gasteiger partial charge in [0.05, 0.1) is 5.88 Å². The van der Waals surface area contributed by atoms with Crippen molar-refractivity contribution in [2.24, 2.45) is 0 Å². The quantitative estimate of drug-likeness (QED) is 0.351. The summed E-state index contributed by atoms with van der Waals surface area (Å²) < 4.78 is 4.60. The molecule has 0 saturated heterocycles. The fourth-order valence-corrected chi connectivity index (χ4v) is 0.529. The Hall–Kier alpha value is -0.570. The molecule has 0 aliphatic rings. The largest absolute Gasteiger partial charge is 0.451 e. The third-order valence-corrected chi connectivity index (χ3v) is 1.42. The summed E-state index contributed by atoms with van der Waals surface area (Å²) in [5.74, 6) is -0.522. The van der Waals surface area contributed by atoms with Gasteiger partial charge in [-0.1, -0.05) is 0 Å². The maximum atomic E-state index is 10.3. The van der Waals surface area contributed by atoms with Crippen LogP contribution in [0.25, 0.3) is 0 Å². The van der Waals surface area contributed by atoms with Crippen LogP contribution in [0.2, 0.25) is 0 Å². The second kappa shape index (κ2) is 3.56. The average molecular weight is 165 g/mol. The van der Waals surface area contributed by atoms with Crippen LogP contribution in [0.1, 0.15) is 13.8 Å². The molecular weight excluding hydrogens is 156 g/mol. The molecular formula is C6H9ClO3. The van der Waals surface area contributed by atoms with E-state index in [1.165, 1.54) is 13.8 Å². The molecule has 0 aromatic heterocycles. The maximum Gasteiger partial charge on any atom is 0.303 e. The van der Waals surface area contributed by atoms with Gasteiger partial charge in [0.15, 0.2) is 11.9 Å². The molecule has 0 heterocycles. The zero-order valence-electron chi connectivity index (χ0n) is 5.89. The monoisotopic (exact) mass is 164 g/mol. The van der Waals surface area contributed by atoms with Crippen molar-refractivity contribution in [2.45, 2.75) is 19.4 Å². The molecule has 0 rings (SSSR count). The van der Waals surface area contributed by atoms with Crippen LogP contribution < -0.4 is 0 Å². The van der Waals surface area contributed by atoms with Crippen molar-refractivity contribution in [3.8, 4) is 0 Å². The predicted octanol–water partition coefficient (Wildman–Crippen LogP) is 0.746. The van der Waals surface area contributed by atoms with Crippen LogP contribution in [0.4, 0.5) is 0 Å². The molecule has 0 aliphatic heterocycles. The molecule has 0 aromatic rings. The standard InChI is InChI=1S/C6H9ClO3/c1-5(9)10-6(2,3-7)4-8/h4H,3H2,1-2H3. The van der Waals surface area contributed by atoms with Gasteiger partial charge >= 0.3 is 5.97 Å². The summed E-state index contributed by atoms with van der Waals surface area (Å²) >= 11 is 5.34. The highest BCUT2D eigenvalue weighted by atomic mass is 35.5. The van der Waals surface area contributed by atoms with Crippen LogP contribution >= 0.6 is 11.6 Å². The highest BCUT2D eigenvalue weighted by Gasteiger charge is 2.25. The third-order valence-electron chi connectivity index (χ3n) is 0.892. The number of hydrogen-bond acceptors (Lipinski definition) is 3. The van der Waals surface area contributed by atoms with Crippen LogP contribution in [-0.2, 0) is 14.3 Å². The van der Waals surface area contributed by atoms with Gasteiger partial charge in [-0.2, -0.15) is 0 Å². The minimum Gasteiger partial charge on any atom is -0.451 e. The Morgan fingerprint density at radius 3 is 2.40 bits per heavy atom. The fraction of sp³-hybridized carbons (Fsp3) is 0.667. The summed E-state index contributed by atoms with van der Waals surface area (Å²) in [5, 5.41) is 0. The van der Waals surface area contributed by atoms with Crippen molar-refractivity contribution in [1.82, 2.24) is 0 Å². The molecule has 4 heteroatoms. The molecule has 0 amide bonds. The molecule has 0 aromatic carbocycles. The van der Waals surface area contributed by atoms with E-state index in [2.05, 4.69) is 4.74 Å². The van der Waals surface area contributed by atoms with Gasteiger partial charge in [0.1, 0.15) is 0 Å². The van der Waals surface area contributed by atoms with Crippen molar-refractivity contribution in [2.75, 3.05) is 5.88 Å². The molecule has 3 nitrogen and oxygen atoms in total. The van der Waals surface area contributed by atoms with E-state index < -0.39 is 11.6 Å². The zero-order chi connectivity index (χ0) is 8.20. The van der Waals surface area contributed by atoms with Crippen molar-refractivity contribution < 1.29 is 14.3 Å². The first kappa shape index (κ1) is 9.43. The molecule has 0 N–H and O–H groups in total. The summed E-state index contributed by atoms with van der Waals surface area (Å²) in [6, 6.07) is 0. The molecule has 0 radical (unpaired) electrons. The first-order chi connectivity index (χ1) is 4.54. The molecule has 0 aliphatic carbocycles. The topological polar surface area (TPSA) is 43.4 Å². The number of carbonyl (C=O) groups excluding carboxylic acids is 2. The van der Waals surface area contributed by atoms with Gasteiger partial charge in [-0.25, -0.2) is 0 Å². The highest BCUT2D eigenvalue weighted by molar-refractivity contribution is 6.19. The smallest absolute Gasteiger partial charge is 0.303 e. The fourth-order valence-electron chi connectivity index (χ4n) is 0.411. The second-order valence-electron chi connectivity index (χ2n) is 2.16. The molecule has 10 heavy (non-hydrogen) atoms. The number of esters is 1. The van der Waals surface area contributed by atoms with Crippen molar-refractivity contribution in [3.05, 3.63) is 0 Å². The minimum absolute atomic E-state index is 0.0178. The molecule has 0 saturated carbocycles. The minimum atomic E-state index is -1.16. The number of carbonyl (C=O) groups is 2. The van der Waals surface area contributed by atoms with E-state index in [0.29, 0.717) is 6.29 Å². The van der Waals surface area contributed by atoms with Crippen LogP contribution in [0.15, 0.2) is 0 Å². The number of alkyl halides is 1. The second-order valence-corrected chi connectivity index (χ2v) is 2.43. The Morgan fingerprint density at radius 1 is 1.80 bits per heavy atom. The molecule has 0 fully saturated rings. The summed E-state index contributed by atoms with van der Waals surface area (Å²) in [6.45, 7) is 2.68. The maximum absolute atomic E-state index is 10.3. The third kappa shape index (κ3) is 2.82. The van der Waals surface area contributed by atoms with Crippen LogP contribution in [0.5, 0.6) is 0 Å². The Kier molecular flexibility index (Phi) is 3.36. The lowest BCUT2D eigenvalue weighted by Crippen LogP contribution is -2.34. The van der Waals surface area contributed by atoms with Gasteiger partial charge < -0.3 is 4.74 Å². The molecule has 0 spiro atoms. The van der Waals surface area contributed by atoms with E-state index >= 15 is 0 Å². The van der Waals surface area contributed by atoms with Crippen molar-refractivity contribution in [1.29, 1.82) is 0 Å².